The molecule has 4 heteroatoms. The van der Waals surface area contributed by atoms with E-state index in [9.17, 15) is 4.79 Å². The SMILES string of the molecule is Cc1cccc(N2CCN([C@@H](C)C(=O)N[C@@H](C)c3ccccc3)CC2)c1C. The summed E-state index contributed by atoms with van der Waals surface area (Å²) in [5, 5.41) is 3.16. The number of carbonyl (C=O) groups is 1. The molecule has 1 aliphatic rings. The third-order valence-electron chi connectivity index (χ3n) is 5.82. The van der Waals surface area contributed by atoms with E-state index in [-0.39, 0.29) is 18.0 Å². The number of hydrogen-bond donors (Lipinski definition) is 1. The average Bonchev–Trinajstić information content (AvgIpc) is 2.70. The van der Waals surface area contributed by atoms with E-state index in [2.05, 4.69) is 59.3 Å². The van der Waals surface area contributed by atoms with Crippen LogP contribution in [-0.2, 0) is 4.79 Å². The lowest BCUT2D eigenvalue weighted by molar-refractivity contribution is -0.126. The van der Waals surface area contributed by atoms with Gasteiger partial charge in [0.05, 0.1) is 12.1 Å². The summed E-state index contributed by atoms with van der Waals surface area (Å²) in [4.78, 5) is 17.4. The smallest absolute Gasteiger partial charge is 0.237 e. The van der Waals surface area contributed by atoms with Crippen molar-refractivity contribution < 1.29 is 4.79 Å². The Morgan fingerprint density at radius 3 is 2.26 bits per heavy atom. The summed E-state index contributed by atoms with van der Waals surface area (Å²) in [6.45, 7) is 12.1. The van der Waals surface area contributed by atoms with Crippen molar-refractivity contribution in [3.05, 3.63) is 65.2 Å². The number of carbonyl (C=O) groups excluding carboxylic acids is 1. The van der Waals surface area contributed by atoms with E-state index in [1.54, 1.807) is 0 Å². The summed E-state index contributed by atoms with van der Waals surface area (Å²) in [5.41, 5.74) is 5.15. The third-order valence-corrected chi connectivity index (χ3v) is 5.82. The van der Waals surface area contributed by atoms with Crippen molar-refractivity contribution in [3.63, 3.8) is 0 Å². The molecule has 144 valence electrons. The normalized spacial score (nSPS) is 17.4. The van der Waals surface area contributed by atoms with E-state index in [0.717, 1.165) is 31.7 Å². The summed E-state index contributed by atoms with van der Waals surface area (Å²) in [5.74, 6) is 0.103. The van der Waals surface area contributed by atoms with Crippen LogP contribution in [0.1, 0.15) is 36.6 Å². The molecule has 0 radical (unpaired) electrons. The fraction of sp³-hybridized carbons (Fsp3) is 0.435. The molecule has 1 amide bonds. The number of anilines is 1. The largest absolute Gasteiger partial charge is 0.369 e. The Balaban J connectivity index is 1.55. The molecule has 1 heterocycles. The highest BCUT2D eigenvalue weighted by atomic mass is 16.2. The van der Waals surface area contributed by atoms with Gasteiger partial charge >= 0.3 is 0 Å². The zero-order valence-electron chi connectivity index (χ0n) is 16.9. The van der Waals surface area contributed by atoms with Gasteiger partial charge in [-0.05, 0) is 50.5 Å². The first kappa shape index (κ1) is 19.4. The van der Waals surface area contributed by atoms with Crippen LogP contribution in [0.3, 0.4) is 0 Å². The number of nitrogens with one attached hydrogen (secondary N) is 1. The summed E-state index contributed by atoms with van der Waals surface area (Å²) >= 11 is 0. The van der Waals surface area contributed by atoms with Gasteiger partial charge in [0, 0.05) is 31.9 Å². The number of hydrogen-bond acceptors (Lipinski definition) is 3. The quantitative estimate of drug-likeness (QED) is 0.878. The van der Waals surface area contributed by atoms with Crippen LogP contribution in [0.15, 0.2) is 48.5 Å². The maximum Gasteiger partial charge on any atom is 0.237 e. The second kappa shape index (κ2) is 8.57. The molecule has 4 nitrogen and oxygen atoms in total. The molecule has 1 aliphatic heterocycles. The van der Waals surface area contributed by atoms with Gasteiger partial charge in [0.1, 0.15) is 0 Å². The Morgan fingerprint density at radius 1 is 0.926 bits per heavy atom. The molecule has 2 aromatic carbocycles. The van der Waals surface area contributed by atoms with Gasteiger partial charge in [-0.15, -0.1) is 0 Å². The van der Waals surface area contributed by atoms with E-state index >= 15 is 0 Å². The van der Waals surface area contributed by atoms with Crippen molar-refractivity contribution in [1.29, 1.82) is 0 Å². The topological polar surface area (TPSA) is 35.6 Å². The Kier molecular flexibility index (Phi) is 6.17. The Morgan fingerprint density at radius 2 is 1.59 bits per heavy atom. The van der Waals surface area contributed by atoms with Gasteiger partial charge in [-0.2, -0.15) is 0 Å². The number of benzene rings is 2. The first-order chi connectivity index (χ1) is 13.0. The Hall–Kier alpha value is -2.33. The van der Waals surface area contributed by atoms with Crippen molar-refractivity contribution in [2.45, 2.75) is 39.8 Å². The number of rotatable bonds is 5. The zero-order chi connectivity index (χ0) is 19.4. The zero-order valence-corrected chi connectivity index (χ0v) is 16.9. The molecule has 27 heavy (non-hydrogen) atoms. The fourth-order valence-electron chi connectivity index (χ4n) is 3.75. The van der Waals surface area contributed by atoms with Gasteiger partial charge < -0.3 is 10.2 Å². The first-order valence-electron chi connectivity index (χ1n) is 9.88. The van der Waals surface area contributed by atoms with Gasteiger partial charge in [0.15, 0.2) is 0 Å². The summed E-state index contributed by atoms with van der Waals surface area (Å²) in [7, 11) is 0. The highest BCUT2D eigenvalue weighted by molar-refractivity contribution is 5.81. The lowest BCUT2D eigenvalue weighted by atomic mass is 10.1. The Bertz CT molecular complexity index is 766. The van der Waals surface area contributed by atoms with Crippen molar-refractivity contribution in [1.82, 2.24) is 10.2 Å². The number of amides is 1. The average molecular weight is 366 g/mol. The van der Waals surface area contributed by atoms with E-state index in [0.29, 0.717) is 0 Å². The summed E-state index contributed by atoms with van der Waals surface area (Å²) < 4.78 is 0. The minimum Gasteiger partial charge on any atom is -0.369 e. The van der Waals surface area contributed by atoms with E-state index in [4.69, 9.17) is 0 Å². The van der Waals surface area contributed by atoms with Crippen LogP contribution in [-0.4, -0.2) is 43.0 Å². The van der Waals surface area contributed by atoms with Crippen LogP contribution in [0.5, 0.6) is 0 Å². The molecule has 1 N–H and O–H groups in total. The van der Waals surface area contributed by atoms with Gasteiger partial charge in [-0.1, -0.05) is 42.5 Å². The highest BCUT2D eigenvalue weighted by Gasteiger charge is 2.27. The minimum absolute atomic E-state index is 0.0254. The maximum absolute atomic E-state index is 12.7. The van der Waals surface area contributed by atoms with Crippen LogP contribution in [0, 0.1) is 13.8 Å². The molecule has 0 unspecified atom stereocenters. The minimum atomic E-state index is -0.114. The molecule has 3 rings (SSSR count). The predicted molar refractivity (Wildman–Crippen MR) is 112 cm³/mol. The van der Waals surface area contributed by atoms with Crippen LogP contribution in [0.25, 0.3) is 0 Å². The van der Waals surface area contributed by atoms with Gasteiger partial charge in [0.2, 0.25) is 5.91 Å². The van der Waals surface area contributed by atoms with E-state index in [1.807, 2.05) is 32.0 Å². The second-order valence-corrected chi connectivity index (χ2v) is 7.56. The van der Waals surface area contributed by atoms with Crippen LogP contribution in [0.2, 0.25) is 0 Å². The van der Waals surface area contributed by atoms with Crippen LogP contribution in [0.4, 0.5) is 5.69 Å². The maximum atomic E-state index is 12.7. The number of nitrogens with zero attached hydrogens (tertiary/aromatic N) is 2. The van der Waals surface area contributed by atoms with E-state index < -0.39 is 0 Å². The highest BCUT2D eigenvalue weighted by Crippen LogP contribution is 2.24. The molecule has 1 saturated heterocycles. The molecule has 0 spiro atoms. The van der Waals surface area contributed by atoms with Crippen LogP contribution >= 0.6 is 0 Å². The lowest BCUT2D eigenvalue weighted by Crippen LogP contribution is -2.54. The molecule has 0 saturated carbocycles. The molecule has 2 atom stereocenters. The summed E-state index contributed by atoms with van der Waals surface area (Å²) in [6.07, 6.45) is 0. The molecule has 0 aromatic heterocycles. The predicted octanol–water partition coefficient (Wildman–Crippen LogP) is 3.69. The van der Waals surface area contributed by atoms with Crippen LogP contribution < -0.4 is 10.2 Å². The first-order valence-corrected chi connectivity index (χ1v) is 9.88. The van der Waals surface area contributed by atoms with E-state index in [1.165, 1.54) is 16.8 Å². The number of aryl methyl sites for hydroxylation is 1. The molecular formula is C23H31N3O. The third kappa shape index (κ3) is 4.51. The molecule has 0 aliphatic carbocycles. The second-order valence-electron chi connectivity index (χ2n) is 7.56. The van der Waals surface area contributed by atoms with Crippen molar-refractivity contribution in [2.24, 2.45) is 0 Å². The van der Waals surface area contributed by atoms with Gasteiger partial charge in [0.25, 0.3) is 0 Å². The van der Waals surface area contributed by atoms with Crippen molar-refractivity contribution >= 4 is 11.6 Å². The molecular weight excluding hydrogens is 334 g/mol. The Labute approximate surface area is 163 Å². The monoisotopic (exact) mass is 365 g/mol. The fourth-order valence-corrected chi connectivity index (χ4v) is 3.75. The molecule has 0 bridgehead atoms. The van der Waals surface area contributed by atoms with Crippen molar-refractivity contribution in [3.8, 4) is 0 Å². The molecule has 1 fully saturated rings. The van der Waals surface area contributed by atoms with Crippen molar-refractivity contribution in [2.75, 3.05) is 31.1 Å². The molecule has 2 aromatic rings. The van der Waals surface area contributed by atoms with Gasteiger partial charge in [-0.25, -0.2) is 0 Å². The standard InChI is InChI=1S/C23H31N3O/c1-17-9-8-12-22(18(17)2)26-15-13-25(14-16-26)20(4)23(27)24-19(3)21-10-6-5-7-11-21/h5-12,19-20H,13-16H2,1-4H3,(H,24,27)/t19-,20-/m0/s1. The summed E-state index contributed by atoms with van der Waals surface area (Å²) in [6, 6.07) is 16.5. The number of piperazine rings is 1. The van der Waals surface area contributed by atoms with Gasteiger partial charge in [-0.3, -0.25) is 9.69 Å². The lowest BCUT2D eigenvalue weighted by Gasteiger charge is -2.39.